The second kappa shape index (κ2) is 10.5. The van der Waals surface area contributed by atoms with Crippen molar-refractivity contribution in [2.24, 2.45) is 0 Å². The van der Waals surface area contributed by atoms with Crippen molar-refractivity contribution in [2.45, 2.75) is 39.7 Å². The molecule has 0 aliphatic carbocycles. The van der Waals surface area contributed by atoms with E-state index in [9.17, 15) is 9.59 Å². The highest BCUT2D eigenvalue weighted by molar-refractivity contribution is 5.84. The number of nitrogens with one attached hydrogen (secondary N) is 1. The molecule has 0 bridgehead atoms. The Hall–Kier alpha value is -3.94. The summed E-state index contributed by atoms with van der Waals surface area (Å²) in [5.41, 5.74) is 3.62. The molecular weight excluding hydrogens is 440 g/mol. The van der Waals surface area contributed by atoms with Gasteiger partial charge in [-0.2, -0.15) is 10.2 Å². The highest BCUT2D eigenvalue weighted by atomic mass is 16.2. The third-order valence-corrected chi connectivity index (χ3v) is 6.29. The quantitative estimate of drug-likeness (QED) is 0.375. The van der Waals surface area contributed by atoms with Crippen LogP contribution in [0.1, 0.15) is 37.2 Å². The van der Waals surface area contributed by atoms with Gasteiger partial charge in [-0.05, 0) is 51.0 Å². The summed E-state index contributed by atoms with van der Waals surface area (Å²) < 4.78 is 3.09. The number of carbonyl (C=O) groups excluding carboxylic acids is 1. The fraction of sp³-hybridized carbons (Fsp3) is 0.333. The van der Waals surface area contributed by atoms with Crippen molar-refractivity contribution >= 4 is 22.5 Å². The van der Waals surface area contributed by atoms with Crippen molar-refractivity contribution in [3.8, 4) is 5.69 Å². The van der Waals surface area contributed by atoms with E-state index in [1.54, 1.807) is 4.68 Å². The number of aromatic nitrogens is 4. The molecule has 2 aromatic carbocycles. The fourth-order valence-corrected chi connectivity index (χ4v) is 4.34. The SMILES string of the molecule is CC[C@@H](C(=O)NCCCN(C)c1ccccc1)n1nc(C)c2nn(-c3ccccc3)c(C)c2c1=O. The van der Waals surface area contributed by atoms with Crippen molar-refractivity contribution in [1.82, 2.24) is 24.9 Å². The van der Waals surface area contributed by atoms with E-state index in [0.29, 0.717) is 29.6 Å². The lowest BCUT2D eigenvalue weighted by Gasteiger charge is -2.20. The number of para-hydroxylation sites is 2. The Labute approximate surface area is 205 Å². The maximum atomic E-state index is 13.5. The van der Waals surface area contributed by atoms with Crippen molar-refractivity contribution in [3.63, 3.8) is 0 Å². The molecule has 1 atom stereocenters. The van der Waals surface area contributed by atoms with Crippen LogP contribution in [-0.4, -0.2) is 45.6 Å². The summed E-state index contributed by atoms with van der Waals surface area (Å²) in [5, 5.41) is 12.6. The first-order chi connectivity index (χ1) is 16.9. The maximum Gasteiger partial charge on any atom is 0.278 e. The molecule has 0 saturated carbocycles. The van der Waals surface area contributed by atoms with Gasteiger partial charge in [-0.1, -0.05) is 43.3 Å². The number of hydrogen-bond donors (Lipinski definition) is 1. The van der Waals surface area contributed by atoms with Crippen molar-refractivity contribution < 1.29 is 4.79 Å². The van der Waals surface area contributed by atoms with Crippen LogP contribution in [0.3, 0.4) is 0 Å². The second-order valence-corrected chi connectivity index (χ2v) is 8.72. The summed E-state index contributed by atoms with van der Waals surface area (Å²) in [6.07, 6.45) is 1.25. The molecule has 0 spiro atoms. The molecule has 0 radical (unpaired) electrons. The first-order valence-electron chi connectivity index (χ1n) is 12.0. The van der Waals surface area contributed by atoms with Crippen LogP contribution in [0.15, 0.2) is 65.5 Å². The summed E-state index contributed by atoms with van der Waals surface area (Å²) in [5.74, 6) is -0.198. The molecule has 4 rings (SSSR count). The topological polar surface area (TPSA) is 85.1 Å². The van der Waals surface area contributed by atoms with E-state index in [1.165, 1.54) is 4.68 Å². The van der Waals surface area contributed by atoms with Gasteiger partial charge in [-0.25, -0.2) is 9.36 Å². The average Bonchev–Trinajstić information content (AvgIpc) is 3.24. The Bertz CT molecular complexity index is 1360. The van der Waals surface area contributed by atoms with Crippen LogP contribution < -0.4 is 15.8 Å². The Morgan fingerprint density at radius 2 is 1.69 bits per heavy atom. The Morgan fingerprint density at radius 1 is 1.03 bits per heavy atom. The van der Waals surface area contributed by atoms with Gasteiger partial charge >= 0.3 is 0 Å². The fourth-order valence-electron chi connectivity index (χ4n) is 4.34. The van der Waals surface area contributed by atoms with Crippen LogP contribution in [0.5, 0.6) is 0 Å². The van der Waals surface area contributed by atoms with Crippen LogP contribution in [-0.2, 0) is 4.79 Å². The van der Waals surface area contributed by atoms with Gasteiger partial charge in [0.05, 0.1) is 22.5 Å². The van der Waals surface area contributed by atoms with Gasteiger partial charge < -0.3 is 10.2 Å². The molecule has 0 saturated heterocycles. The number of fused-ring (bicyclic) bond motifs is 1. The molecule has 0 unspecified atom stereocenters. The molecule has 1 amide bonds. The summed E-state index contributed by atoms with van der Waals surface area (Å²) in [4.78, 5) is 28.7. The number of nitrogens with zero attached hydrogens (tertiary/aromatic N) is 5. The predicted octanol–water partition coefficient (Wildman–Crippen LogP) is 3.79. The lowest BCUT2D eigenvalue weighted by atomic mass is 10.2. The first-order valence-corrected chi connectivity index (χ1v) is 12.0. The lowest BCUT2D eigenvalue weighted by molar-refractivity contribution is -0.124. The van der Waals surface area contributed by atoms with Gasteiger partial charge in [0.25, 0.3) is 5.56 Å². The minimum Gasteiger partial charge on any atom is -0.375 e. The van der Waals surface area contributed by atoms with E-state index in [-0.39, 0.29) is 11.5 Å². The van der Waals surface area contributed by atoms with Crippen LogP contribution in [0.4, 0.5) is 5.69 Å². The summed E-state index contributed by atoms with van der Waals surface area (Å²) in [6, 6.07) is 19.1. The van der Waals surface area contributed by atoms with Gasteiger partial charge in [-0.3, -0.25) is 9.59 Å². The minimum absolute atomic E-state index is 0.198. The molecule has 182 valence electrons. The van der Waals surface area contributed by atoms with Gasteiger partial charge in [0.15, 0.2) is 0 Å². The molecule has 8 nitrogen and oxygen atoms in total. The molecular formula is C27H32N6O2. The number of rotatable bonds is 9. The van der Waals surface area contributed by atoms with Crippen molar-refractivity contribution in [2.75, 3.05) is 25.0 Å². The zero-order valence-electron chi connectivity index (χ0n) is 20.7. The Balaban J connectivity index is 1.52. The summed E-state index contributed by atoms with van der Waals surface area (Å²) in [7, 11) is 2.03. The zero-order valence-corrected chi connectivity index (χ0v) is 20.7. The van der Waals surface area contributed by atoms with Gasteiger partial charge in [0, 0.05) is 25.8 Å². The Kier molecular flexibility index (Phi) is 7.29. The molecule has 8 heteroatoms. The molecule has 2 aromatic heterocycles. The molecule has 2 heterocycles. The molecule has 0 aliphatic heterocycles. The summed E-state index contributed by atoms with van der Waals surface area (Å²) in [6.45, 7) is 6.92. The van der Waals surface area contributed by atoms with Crippen molar-refractivity contribution in [1.29, 1.82) is 0 Å². The molecule has 1 N–H and O–H groups in total. The maximum absolute atomic E-state index is 13.5. The third kappa shape index (κ3) is 4.96. The third-order valence-electron chi connectivity index (χ3n) is 6.29. The van der Waals surface area contributed by atoms with Crippen molar-refractivity contribution in [3.05, 3.63) is 82.4 Å². The van der Waals surface area contributed by atoms with E-state index < -0.39 is 6.04 Å². The normalized spacial score (nSPS) is 12.0. The molecule has 0 fully saturated rings. The minimum atomic E-state index is -0.683. The number of hydrogen-bond acceptors (Lipinski definition) is 5. The highest BCUT2D eigenvalue weighted by Crippen LogP contribution is 2.21. The number of amides is 1. The lowest BCUT2D eigenvalue weighted by Crippen LogP contribution is -2.39. The molecule has 0 aliphatic rings. The largest absolute Gasteiger partial charge is 0.375 e. The highest BCUT2D eigenvalue weighted by Gasteiger charge is 2.25. The van der Waals surface area contributed by atoms with Crippen LogP contribution in [0.2, 0.25) is 0 Å². The van der Waals surface area contributed by atoms with Gasteiger partial charge in [0.1, 0.15) is 11.6 Å². The zero-order chi connectivity index (χ0) is 24.9. The predicted molar refractivity (Wildman–Crippen MR) is 139 cm³/mol. The van der Waals surface area contributed by atoms with Crippen LogP contribution in [0, 0.1) is 13.8 Å². The van der Waals surface area contributed by atoms with Crippen LogP contribution >= 0.6 is 0 Å². The van der Waals surface area contributed by atoms with Gasteiger partial charge in [-0.15, -0.1) is 0 Å². The summed E-state index contributed by atoms with van der Waals surface area (Å²) >= 11 is 0. The first kappa shape index (κ1) is 24.2. The van der Waals surface area contributed by atoms with E-state index >= 15 is 0 Å². The molecule has 4 aromatic rings. The van der Waals surface area contributed by atoms with E-state index in [0.717, 1.165) is 30.0 Å². The van der Waals surface area contributed by atoms with E-state index in [1.807, 2.05) is 76.3 Å². The second-order valence-electron chi connectivity index (χ2n) is 8.72. The number of anilines is 1. The number of aryl methyl sites for hydroxylation is 2. The van der Waals surface area contributed by atoms with Crippen LogP contribution in [0.25, 0.3) is 16.6 Å². The average molecular weight is 473 g/mol. The number of benzene rings is 2. The monoisotopic (exact) mass is 472 g/mol. The molecule has 35 heavy (non-hydrogen) atoms. The standard InChI is InChI=1S/C27H32N6O2/c1-5-23(26(34)28-17-12-18-31(4)21-13-8-6-9-14-21)33-27(35)24-20(3)32(22-15-10-7-11-16-22)30-25(24)19(2)29-33/h6-11,13-16,23H,5,12,17-18H2,1-4H3,(H,28,34)/t23-/m0/s1. The Morgan fingerprint density at radius 3 is 2.34 bits per heavy atom. The smallest absolute Gasteiger partial charge is 0.278 e. The van der Waals surface area contributed by atoms with E-state index in [2.05, 4.69) is 32.5 Å². The number of carbonyl (C=O) groups is 1. The van der Waals surface area contributed by atoms with E-state index in [4.69, 9.17) is 0 Å². The van der Waals surface area contributed by atoms with Gasteiger partial charge in [0.2, 0.25) is 5.91 Å².